The van der Waals surface area contributed by atoms with Crippen LogP contribution in [0.15, 0.2) is 0 Å². The van der Waals surface area contributed by atoms with Crippen molar-refractivity contribution < 1.29 is 80.2 Å². The van der Waals surface area contributed by atoms with Crippen LogP contribution in [0.2, 0.25) is 0 Å². The van der Waals surface area contributed by atoms with Gasteiger partial charge in [-0.05, 0) is 37.5 Å². The Labute approximate surface area is 543 Å². The number of unbranched alkanes of at least 4 members (excludes halogenated alkanes) is 39. The van der Waals surface area contributed by atoms with Crippen LogP contribution in [0.1, 0.15) is 356 Å². The highest BCUT2D eigenvalue weighted by atomic mass is 31.2. The number of carbonyl (C=O) groups excluding carboxylic acids is 4. The van der Waals surface area contributed by atoms with Crippen LogP contribution in [-0.2, 0) is 65.4 Å². The van der Waals surface area contributed by atoms with Gasteiger partial charge in [-0.25, -0.2) is 9.13 Å². The van der Waals surface area contributed by atoms with Crippen molar-refractivity contribution in [2.75, 3.05) is 39.6 Å². The lowest BCUT2D eigenvalue weighted by molar-refractivity contribution is -0.161. The second-order valence-corrected chi connectivity index (χ2v) is 29.1. The number of ether oxygens (including phenoxy) is 4. The molecule has 0 aliphatic rings. The summed E-state index contributed by atoms with van der Waals surface area (Å²) < 4.78 is 68.2. The van der Waals surface area contributed by atoms with Gasteiger partial charge < -0.3 is 33.8 Å². The first kappa shape index (κ1) is 87.1. The molecule has 0 saturated heterocycles. The van der Waals surface area contributed by atoms with E-state index in [0.717, 1.165) is 96.3 Å². The summed E-state index contributed by atoms with van der Waals surface area (Å²) in [4.78, 5) is 72.5. The number of esters is 4. The molecule has 5 atom stereocenters. The lowest BCUT2D eigenvalue weighted by Crippen LogP contribution is -2.30. The molecule has 17 nitrogen and oxygen atoms in total. The largest absolute Gasteiger partial charge is 0.472 e. The Hall–Kier alpha value is -1.94. The quantitative estimate of drug-likeness (QED) is 0.0222. The summed E-state index contributed by atoms with van der Waals surface area (Å²) in [5.74, 6) is -0.725. The maximum absolute atomic E-state index is 13.0. The number of phosphoric acid groups is 2. The normalized spacial score (nSPS) is 14.1. The highest BCUT2D eigenvalue weighted by Gasteiger charge is 2.30. The molecule has 0 amide bonds. The minimum atomic E-state index is -4.95. The Kier molecular flexibility index (Phi) is 60.8. The second-order valence-electron chi connectivity index (χ2n) is 26.2. The van der Waals surface area contributed by atoms with Crippen LogP contribution < -0.4 is 0 Å². The summed E-state index contributed by atoms with van der Waals surface area (Å²) >= 11 is 0. The number of aliphatic hydroxyl groups is 1. The fourth-order valence-corrected chi connectivity index (χ4v) is 12.2. The maximum atomic E-state index is 13.0. The van der Waals surface area contributed by atoms with E-state index in [4.69, 9.17) is 37.0 Å². The zero-order valence-corrected chi connectivity index (χ0v) is 59.5. The average Bonchev–Trinajstić information content (AvgIpc) is 3.51. The molecule has 0 aromatic rings. The van der Waals surface area contributed by atoms with Crippen LogP contribution in [-0.4, -0.2) is 96.7 Å². The zero-order chi connectivity index (χ0) is 65.7. The lowest BCUT2D eigenvalue weighted by Gasteiger charge is -2.21. The Morgan fingerprint density at radius 2 is 0.517 bits per heavy atom. The van der Waals surface area contributed by atoms with Crippen molar-refractivity contribution in [1.82, 2.24) is 0 Å². The van der Waals surface area contributed by atoms with E-state index in [2.05, 4.69) is 41.5 Å². The molecule has 0 aromatic heterocycles. The molecule has 0 aliphatic heterocycles. The predicted octanol–water partition coefficient (Wildman–Crippen LogP) is 20.0. The Balaban J connectivity index is 5.23. The standard InChI is InChI=1S/C70H136O17P2/c1-7-9-11-13-15-17-19-21-22-23-25-27-29-35-42-48-54-69(74)86-65(58-80-67(72)52-46-40-34-28-26-24-20-18-16-14-12-10-8-2)60-84-88(76,77)82-56-64(71)57-83-89(78,79)85-61-66(87-70(75)55-49-43-37-31-33-39-45-51-63(5)6)59-81-68(73)53-47-41-36-30-32-38-44-50-62(3)4/h62-66,71H,7-61H2,1-6H3,(H,76,77)(H,78,79)/t64-,65-,66-/m1/s1. The van der Waals surface area contributed by atoms with E-state index >= 15 is 0 Å². The molecule has 2 unspecified atom stereocenters. The van der Waals surface area contributed by atoms with E-state index in [1.165, 1.54) is 167 Å². The van der Waals surface area contributed by atoms with Crippen molar-refractivity contribution in [2.24, 2.45) is 11.8 Å². The molecule has 0 fully saturated rings. The number of hydrogen-bond acceptors (Lipinski definition) is 15. The smallest absolute Gasteiger partial charge is 0.462 e. The SMILES string of the molecule is CCCCCCCCCCCCCCCCCCC(=O)O[C@H](COC(=O)CCCCCCCCCCCCCCC)COP(=O)(O)OC[C@@H](O)COP(=O)(O)OC[C@@H](COC(=O)CCCCCCCCCC(C)C)OC(=O)CCCCCCCCCC(C)C. The van der Waals surface area contributed by atoms with Crippen molar-refractivity contribution in [3.63, 3.8) is 0 Å². The molecule has 0 aliphatic carbocycles. The minimum absolute atomic E-state index is 0.103. The monoisotopic (exact) mass is 1310 g/mol. The van der Waals surface area contributed by atoms with Gasteiger partial charge in [0.2, 0.25) is 0 Å². The number of carbonyl (C=O) groups is 4. The van der Waals surface area contributed by atoms with Crippen molar-refractivity contribution in [3.05, 3.63) is 0 Å². The fraction of sp³-hybridized carbons (Fsp3) is 0.943. The minimum Gasteiger partial charge on any atom is -0.462 e. The summed E-state index contributed by atoms with van der Waals surface area (Å²) in [7, 11) is -9.90. The Morgan fingerprint density at radius 3 is 0.764 bits per heavy atom. The molecule has 0 heterocycles. The van der Waals surface area contributed by atoms with Crippen LogP contribution in [0.4, 0.5) is 0 Å². The van der Waals surface area contributed by atoms with Crippen molar-refractivity contribution in [3.8, 4) is 0 Å². The molecular weight excluding hydrogens is 1170 g/mol. The molecule has 0 bridgehead atoms. The summed E-state index contributed by atoms with van der Waals surface area (Å²) in [6.07, 6.45) is 47.3. The van der Waals surface area contributed by atoms with Crippen LogP contribution in [0, 0.1) is 11.8 Å². The Bertz CT molecular complexity index is 1730. The van der Waals surface area contributed by atoms with Gasteiger partial charge in [0.25, 0.3) is 0 Å². The van der Waals surface area contributed by atoms with Crippen molar-refractivity contribution >= 4 is 39.5 Å². The van der Waals surface area contributed by atoms with Crippen molar-refractivity contribution in [2.45, 2.75) is 374 Å². The molecule has 19 heteroatoms. The highest BCUT2D eigenvalue weighted by Crippen LogP contribution is 2.45. The summed E-state index contributed by atoms with van der Waals surface area (Å²) in [6.45, 7) is 9.43. The van der Waals surface area contributed by atoms with Gasteiger partial charge in [-0.2, -0.15) is 0 Å². The molecule has 0 saturated carbocycles. The molecule has 0 spiro atoms. The molecular formula is C70H136O17P2. The van der Waals surface area contributed by atoms with Gasteiger partial charge in [-0.15, -0.1) is 0 Å². The first-order valence-corrected chi connectivity index (χ1v) is 39.5. The average molecular weight is 1310 g/mol. The molecule has 0 rings (SSSR count). The maximum Gasteiger partial charge on any atom is 0.472 e. The third-order valence-corrected chi connectivity index (χ3v) is 18.1. The number of rotatable bonds is 69. The molecule has 3 N–H and O–H groups in total. The number of phosphoric ester groups is 2. The van der Waals surface area contributed by atoms with Crippen molar-refractivity contribution in [1.29, 1.82) is 0 Å². The van der Waals surface area contributed by atoms with E-state index < -0.39 is 97.5 Å². The van der Waals surface area contributed by atoms with Gasteiger partial charge in [0.15, 0.2) is 12.2 Å². The molecule has 0 aromatic carbocycles. The van der Waals surface area contributed by atoms with E-state index in [1.807, 2.05) is 0 Å². The number of hydrogen-bond donors (Lipinski definition) is 3. The predicted molar refractivity (Wildman–Crippen MR) is 358 cm³/mol. The van der Waals surface area contributed by atoms with Crippen LogP contribution in [0.3, 0.4) is 0 Å². The van der Waals surface area contributed by atoms with E-state index in [9.17, 15) is 43.2 Å². The van der Waals surface area contributed by atoms with Crippen LogP contribution in [0.5, 0.6) is 0 Å². The number of aliphatic hydroxyl groups excluding tert-OH is 1. The second kappa shape index (κ2) is 62.2. The molecule has 528 valence electrons. The Morgan fingerprint density at radius 1 is 0.303 bits per heavy atom. The van der Waals surface area contributed by atoms with Crippen LogP contribution >= 0.6 is 15.6 Å². The van der Waals surface area contributed by atoms with Gasteiger partial charge in [-0.3, -0.25) is 37.3 Å². The van der Waals surface area contributed by atoms with Crippen LogP contribution in [0.25, 0.3) is 0 Å². The molecule has 0 radical (unpaired) electrons. The summed E-state index contributed by atoms with van der Waals surface area (Å²) in [5, 5.41) is 10.6. The molecule has 89 heavy (non-hydrogen) atoms. The first-order valence-electron chi connectivity index (χ1n) is 36.5. The topological polar surface area (TPSA) is 237 Å². The highest BCUT2D eigenvalue weighted by molar-refractivity contribution is 7.47. The van der Waals surface area contributed by atoms with Gasteiger partial charge >= 0.3 is 39.5 Å². The lowest BCUT2D eigenvalue weighted by atomic mass is 10.0. The van der Waals surface area contributed by atoms with Gasteiger partial charge in [0.05, 0.1) is 26.4 Å². The third kappa shape index (κ3) is 64.6. The van der Waals surface area contributed by atoms with Gasteiger partial charge in [0, 0.05) is 25.7 Å². The van der Waals surface area contributed by atoms with Gasteiger partial charge in [-0.1, -0.05) is 305 Å². The summed E-state index contributed by atoms with van der Waals surface area (Å²) in [5.41, 5.74) is 0. The van der Waals surface area contributed by atoms with E-state index in [1.54, 1.807) is 0 Å². The summed E-state index contributed by atoms with van der Waals surface area (Å²) in [6, 6.07) is 0. The zero-order valence-electron chi connectivity index (χ0n) is 57.7. The third-order valence-electron chi connectivity index (χ3n) is 16.2. The van der Waals surface area contributed by atoms with E-state index in [0.29, 0.717) is 37.5 Å². The van der Waals surface area contributed by atoms with E-state index in [-0.39, 0.29) is 25.7 Å². The van der Waals surface area contributed by atoms with Gasteiger partial charge in [0.1, 0.15) is 19.3 Å². The first-order chi connectivity index (χ1) is 42.9. The fourth-order valence-electron chi connectivity index (χ4n) is 10.6.